The molecule has 0 radical (unpaired) electrons. The highest BCUT2D eigenvalue weighted by Crippen LogP contribution is 2.42. The first-order valence-electron chi connectivity index (χ1n) is 14.5. The van der Waals surface area contributed by atoms with Gasteiger partial charge in [-0.05, 0) is 129 Å². The molecule has 0 fully saturated rings. The molecule has 39 heavy (non-hydrogen) atoms. The highest BCUT2D eigenvalue weighted by Gasteiger charge is 2.22. The molecule has 0 amide bonds. The number of para-hydroxylation sites is 2. The van der Waals surface area contributed by atoms with E-state index in [1.807, 2.05) is 11.8 Å². The predicted molar refractivity (Wildman–Crippen MR) is 169 cm³/mol. The van der Waals surface area contributed by atoms with Crippen LogP contribution in [0.25, 0.3) is 0 Å². The standard InChI is InChI=1S/C36H38N2S/c1-27-33(28-13-4-2-5-14-28)19-12-22-36(27)39-32-25-23-29(24-26-32)37-34-20-10-11-21-35(34)38(31-17-8-9-18-31)30-15-6-3-7-16-30/h3-4,6,10-11,13-15,17,19-21,23-26,37H,2,5,7-9,12,16,18,22H2,1H3. The van der Waals surface area contributed by atoms with E-state index in [-0.39, 0.29) is 0 Å². The summed E-state index contributed by atoms with van der Waals surface area (Å²) in [4.78, 5) is 5.30. The summed E-state index contributed by atoms with van der Waals surface area (Å²) in [5.74, 6) is 0. The van der Waals surface area contributed by atoms with Crippen LogP contribution in [0.1, 0.15) is 64.7 Å². The second kappa shape index (κ2) is 12.2. The number of allylic oxidation sites excluding steroid dienone is 14. The van der Waals surface area contributed by atoms with Crippen LogP contribution in [0.2, 0.25) is 0 Å². The average molecular weight is 531 g/mol. The van der Waals surface area contributed by atoms with Gasteiger partial charge >= 0.3 is 0 Å². The average Bonchev–Trinajstić information content (AvgIpc) is 3.52. The summed E-state index contributed by atoms with van der Waals surface area (Å²) in [6, 6.07) is 17.7. The molecule has 3 heteroatoms. The smallest absolute Gasteiger partial charge is 0.0690 e. The normalized spacial score (nSPS) is 18.9. The lowest BCUT2D eigenvalue weighted by Gasteiger charge is -2.31. The van der Waals surface area contributed by atoms with Gasteiger partial charge < -0.3 is 10.2 Å². The molecule has 2 nitrogen and oxygen atoms in total. The Bertz CT molecular complexity index is 1430. The molecule has 0 unspecified atom stereocenters. The van der Waals surface area contributed by atoms with E-state index in [0.717, 1.165) is 56.3 Å². The van der Waals surface area contributed by atoms with Gasteiger partial charge in [0.05, 0.1) is 11.4 Å². The van der Waals surface area contributed by atoms with Crippen LogP contribution < -0.4 is 10.2 Å². The molecule has 0 aliphatic heterocycles. The number of thioether (sulfide) groups is 1. The minimum Gasteiger partial charge on any atom is -0.354 e. The second-order valence-corrected chi connectivity index (χ2v) is 11.8. The molecule has 4 aliphatic carbocycles. The summed E-state index contributed by atoms with van der Waals surface area (Å²) in [7, 11) is 0. The van der Waals surface area contributed by atoms with E-state index in [1.54, 1.807) is 0 Å². The van der Waals surface area contributed by atoms with Gasteiger partial charge in [-0.3, -0.25) is 0 Å². The molecule has 2 aromatic carbocycles. The fourth-order valence-electron chi connectivity index (χ4n) is 5.92. The molecule has 4 aliphatic rings. The molecule has 1 N–H and O–H groups in total. The van der Waals surface area contributed by atoms with Gasteiger partial charge in [-0.1, -0.05) is 66.4 Å². The van der Waals surface area contributed by atoms with Gasteiger partial charge in [-0.25, -0.2) is 0 Å². The first kappa shape index (κ1) is 25.8. The van der Waals surface area contributed by atoms with Crippen molar-refractivity contribution in [3.05, 3.63) is 130 Å². The maximum absolute atomic E-state index is 3.75. The first-order valence-corrected chi connectivity index (χ1v) is 15.3. The molecule has 0 atom stereocenters. The molecule has 0 bridgehead atoms. The number of hydrogen-bond acceptors (Lipinski definition) is 3. The number of benzene rings is 2. The van der Waals surface area contributed by atoms with Crippen LogP contribution in [-0.4, -0.2) is 0 Å². The van der Waals surface area contributed by atoms with Gasteiger partial charge in [0.15, 0.2) is 0 Å². The number of rotatable bonds is 8. The Morgan fingerprint density at radius 1 is 0.769 bits per heavy atom. The lowest BCUT2D eigenvalue weighted by molar-refractivity contribution is 0.842. The van der Waals surface area contributed by atoms with Crippen LogP contribution in [0, 0.1) is 0 Å². The van der Waals surface area contributed by atoms with Crippen molar-refractivity contribution in [1.29, 1.82) is 0 Å². The van der Waals surface area contributed by atoms with Gasteiger partial charge in [-0.15, -0.1) is 0 Å². The van der Waals surface area contributed by atoms with Crippen LogP contribution >= 0.6 is 11.8 Å². The van der Waals surface area contributed by atoms with Crippen molar-refractivity contribution in [3.8, 4) is 0 Å². The van der Waals surface area contributed by atoms with Crippen LogP contribution in [0.3, 0.4) is 0 Å². The molecular formula is C36H38N2S. The van der Waals surface area contributed by atoms with Crippen molar-refractivity contribution in [2.24, 2.45) is 0 Å². The van der Waals surface area contributed by atoms with E-state index >= 15 is 0 Å². The van der Waals surface area contributed by atoms with Crippen molar-refractivity contribution in [2.45, 2.75) is 69.6 Å². The largest absolute Gasteiger partial charge is 0.354 e. The molecular weight excluding hydrogens is 492 g/mol. The number of hydrogen-bond donors (Lipinski definition) is 1. The maximum Gasteiger partial charge on any atom is 0.0690 e. The highest BCUT2D eigenvalue weighted by molar-refractivity contribution is 8.03. The monoisotopic (exact) mass is 530 g/mol. The molecule has 2 aromatic rings. The molecule has 198 valence electrons. The summed E-state index contributed by atoms with van der Waals surface area (Å²) < 4.78 is 0. The molecule has 0 saturated carbocycles. The van der Waals surface area contributed by atoms with E-state index < -0.39 is 0 Å². The Morgan fingerprint density at radius 3 is 2.44 bits per heavy atom. The minimum atomic E-state index is 1.08. The Balaban J connectivity index is 1.21. The highest BCUT2D eigenvalue weighted by atomic mass is 32.2. The summed E-state index contributed by atoms with van der Waals surface area (Å²) in [6.45, 7) is 2.30. The molecule has 6 rings (SSSR count). The van der Waals surface area contributed by atoms with Crippen LogP contribution in [0.5, 0.6) is 0 Å². The second-order valence-electron chi connectivity index (χ2n) is 10.7. The fraction of sp³-hybridized carbons (Fsp3) is 0.278. The third kappa shape index (κ3) is 5.94. The number of nitrogens with zero attached hydrogens (tertiary/aromatic N) is 1. The van der Waals surface area contributed by atoms with Crippen molar-refractivity contribution in [2.75, 3.05) is 10.2 Å². The van der Waals surface area contributed by atoms with Gasteiger partial charge in [0.1, 0.15) is 0 Å². The molecule has 0 saturated heterocycles. The summed E-state index contributed by atoms with van der Waals surface area (Å²) >= 11 is 1.93. The summed E-state index contributed by atoms with van der Waals surface area (Å²) in [5.41, 5.74) is 10.6. The summed E-state index contributed by atoms with van der Waals surface area (Å²) in [5, 5.41) is 3.75. The first-order chi connectivity index (χ1) is 19.3. The Hall–Kier alpha value is -3.43. The van der Waals surface area contributed by atoms with Gasteiger partial charge in [0.2, 0.25) is 0 Å². The number of anilines is 3. The Morgan fingerprint density at radius 2 is 1.67 bits per heavy atom. The lowest BCUT2D eigenvalue weighted by atomic mass is 9.90. The van der Waals surface area contributed by atoms with Crippen LogP contribution in [0.4, 0.5) is 17.1 Å². The molecule has 0 aromatic heterocycles. The van der Waals surface area contributed by atoms with Crippen molar-refractivity contribution >= 4 is 28.8 Å². The quantitative estimate of drug-likeness (QED) is 0.365. The van der Waals surface area contributed by atoms with Crippen molar-refractivity contribution < 1.29 is 0 Å². The van der Waals surface area contributed by atoms with Crippen molar-refractivity contribution in [1.82, 2.24) is 0 Å². The SMILES string of the molecule is CC1=C(Sc2ccc(Nc3ccccc3N(C3=CC=CCC3)C3=CCCC3)cc2)CCC=C1C1=CCCC=C1. The minimum absolute atomic E-state index is 1.08. The lowest BCUT2D eigenvalue weighted by Crippen LogP contribution is -2.22. The predicted octanol–water partition coefficient (Wildman–Crippen LogP) is 10.9. The summed E-state index contributed by atoms with van der Waals surface area (Å²) in [6.07, 6.45) is 28.9. The topological polar surface area (TPSA) is 15.3 Å². The van der Waals surface area contributed by atoms with E-state index in [2.05, 4.69) is 114 Å². The number of nitrogens with one attached hydrogen (secondary N) is 1. The van der Waals surface area contributed by atoms with Crippen LogP contribution in [-0.2, 0) is 0 Å². The van der Waals surface area contributed by atoms with Gasteiger partial charge in [0.25, 0.3) is 0 Å². The van der Waals surface area contributed by atoms with E-state index in [4.69, 9.17) is 0 Å². The molecule has 0 heterocycles. The van der Waals surface area contributed by atoms with E-state index in [1.165, 1.54) is 56.4 Å². The third-order valence-electron chi connectivity index (χ3n) is 7.95. The Labute approximate surface area is 238 Å². The third-order valence-corrected chi connectivity index (χ3v) is 9.22. The zero-order valence-electron chi connectivity index (χ0n) is 23.0. The zero-order valence-corrected chi connectivity index (χ0v) is 23.8. The maximum atomic E-state index is 3.75. The van der Waals surface area contributed by atoms with Gasteiger partial charge in [-0.2, -0.15) is 0 Å². The molecule has 0 spiro atoms. The van der Waals surface area contributed by atoms with Gasteiger partial charge in [0, 0.05) is 22.0 Å². The fourth-order valence-corrected chi connectivity index (χ4v) is 6.96. The van der Waals surface area contributed by atoms with Crippen molar-refractivity contribution in [3.63, 3.8) is 0 Å². The zero-order chi connectivity index (χ0) is 26.4. The Kier molecular flexibility index (Phi) is 8.06. The van der Waals surface area contributed by atoms with Crippen LogP contribution in [0.15, 0.2) is 135 Å². The van der Waals surface area contributed by atoms with E-state index in [0.29, 0.717) is 0 Å². The van der Waals surface area contributed by atoms with E-state index in [9.17, 15) is 0 Å².